The summed E-state index contributed by atoms with van der Waals surface area (Å²) in [5.74, 6) is 1.24. The molecule has 1 N–H and O–H groups in total. The number of aromatic nitrogens is 2. The van der Waals surface area contributed by atoms with Gasteiger partial charge in [0.1, 0.15) is 17.1 Å². The molecule has 1 heterocycles. The number of ether oxygens (including phenoxy) is 2. The monoisotopic (exact) mass is 315 g/mol. The maximum absolute atomic E-state index is 12.4. The Kier molecular flexibility index (Phi) is 5.65. The van der Waals surface area contributed by atoms with E-state index >= 15 is 0 Å². The number of rotatable bonds is 7. The molecular formula is C17H21N3O3. The van der Waals surface area contributed by atoms with Gasteiger partial charge < -0.3 is 14.0 Å². The number of hydrogen-bond acceptors (Lipinski definition) is 5. The molecule has 6 heteroatoms. The molecule has 0 amide bonds. The minimum Gasteiger partial charge on any atom is -0.497 e. The maximum atomic E-state index is 12.4. The van der Waals surface area contributed by atoms with Crippen molar-refractivity contribution in [2.45, 2.75) is 27.0 Å². The van der Waals surface area contributed by atoms with Crippen LogP contribution < -0.4 is 10.2 Å². The predicted octanol–water partition coefficient (Wildman–Crippen LogP) is 2.10. The zero-order valence-corrected chi connectivity index (χ0v) is 13.6. The van der Waals surface area contributed by atoms with Crippen LogP contribution >= 0.6 is 0 Å². The lowest BCUT2D eigenvalue weighted by Crippen LogP contribution is -2.30. The lowest BCUT2D eigenvalue weighted by molar-refractivity contribution is 0.0967. The molecule has 0 aliphatic rings. The molecule has 122 valence electrons. The molecule has 2 aromatic rings. The number of nitrogens with one attached hydrogen (secondary N) is 1. The van der Waals surface area contributed by atoms with Crippen molar-refractivity contribution >= 4 is 5.78 Å². The van der Waals surface area contributed by atoms with Crippen molar-refractivity contribution in [3.8, 4) is 5.75 Å². The summed E-state index contributed by atoms with van der Waals surface area (Å²) in [6.07, 6.45) is 1.63. The van der Waals surface area contributed by atoms with E-state index in [0.717, 1.165) is 0 Å². The zero-order chi connectivity index (χ0) is 16.8. The summed E-state index contributed by atoms with van der Waals surface area (Å²) in [7, 11) is 1.58. The van der Waals surface area contributed by atoms with Crippen LogP contribution in [0.2, 0.25) is 0 Å². The average molecular weight is 315 g/mol. The highest BCUT2D eigenvalue weighted by atomic mass is 16.5. The van der Waals surface area contributed by atoms with Gasteiger partial charge in [0.05, 0.1) is 20.3 Å². The standard InChI is InChI=1S/C17H21N3O3/c1-4-23-11-14-9-19-12(2)20(17(14)18)10-16(21)13-5-7-15(22-3)8-6-13/h5-9,18H,4,10-11H2,1-3H3. The van der Waals surface area contributed by atoms with E-state index in [2.05, 4.69) is 4.98 Å². The molecule has 0 atom stereocenters. The van der Waals surface area contributed by atoms with Crippen LogP contribution in [0.1, 0.15) is 28.7 Å². The number of Topliss-reactive ketones (excluding diaryl/α,β-unsaturated/α-hetero) is 1. The third-order valence-corrected chi connectivity index (χ3v) is 3.55. The second-order valence-electron chi connectivity index (χ2n) is 5.05. The van der Waals surface area contributed by atoms with Gasteiger partial charge in [-0.25, -0.2) is 4.98 Å². The number of methoxy groups -OCH3 is 1. The molecule has 0 saturated carbocycles. The molecule has 0 bridgehead atoms. The van der Waals surface area contributed by atoms with E-state index in [4.69, 9.17) is 14.9 Å². The zero-order valence-electron chi connectivity index (χ0n) is 13.6. The Balaban J connectivity index is 2.24. The van der Waals surface area contributed by atoms with Gasteiger partial charge in [0, 0.05) is 23.9 Å². The Labute approximate surface area is 135 Å². The number of ketones is 1. The van der Waals surface area contributed by atoms with E-state index in [1.807, 2.05) is 6.92 Å². The Morgan fingerprint density at radius 3 is 2.61 bits per heavy atom. The molecule has 0 radical (unpaired) electrons. The van der Waals surface area contributed by atoms with E-state index in [9.17, 15) is 4.79 Å². The Bertz CT molecular complexity index is 736. The molecule has 0 saturated heterocycles. The second-order valence-corrected chi connectivity index (χ2v) is 5.05. The molecule has 0 aliphatic carbocycles. The number of benzene rings is 1. The number of carbonyl (C=O) groups excluding carboxylic acids is 1. The van der Waals surface area contributed by atoms with Gasteiger partial charge in [-0.15, -0.1) is 0 Å². The third-order valence-electron chi connectivity index (χ3n) is 3.55. The summed E-state index contributed by atoms with van der Waals surface area (Å²) in [5.41, 5.74) is 1.50. The largest absolute Gasteiger partial charge is 0.497 e. The van der Waals surface area contributed by atoms with Gasteiger partial charge in [0.25, 0.3) is 0 Å². The SMILES string of the molecule is CCOCc1cnc(C)n(CC(=O)c2ccc(OC)cc2)c1=N. The van der Waals surface area contributed by atoms with E-state index < -0.39 is 0 Å². The molecular weight excluding hydrogens is 294 g/mol. The van der Waals surface area contributed by atoms with Crippen molar-refractivity contribution in [1.82, 2.24) is 9.55 Å². The van der Waals surface area contributed by atoms with Crippen LogP contribution in [0, 0.1) is 12.3 Å². The van der Waals surface area contributed by atoms with Crippen LogP contribution in [0.15, 0.2) is 30.5 Å². The number of hydrogen-bond donors (Lipinski definition) is 1. The fourth-order valence-corrected chi connectivity index (χ4v) is 2.16. The summed E-state index contributed by atoms with van der Waals surface area (Å²) in [6, 6.07) is 6.93. The number of nitrogens with zero attached hydrogens (tertiary/aromatic N) is 2. The summed E-state index contributed by atoms with van der Waals surface area (Å²) < 4.78 is 12.0. The van der Waals surface area contributed by atoms with Crippen LogP contribution in [0.3, 0.4) is 0 Å². The van der Waals surface area contributed by atoms with Crippen LogP contribution in [0.25, 0.3) is 0 Å². The molecule has 23 heavy (non-hydrogen) atoms. The van der Waals surface area contributed by atoms with Crippen molar-refractivity contribution in [2.75, 3.05) is 13.7 Å². The highest BCUT2D eigenvalue weighted by molar-refractivity contribution is 5.96. The topological polar surface area (TPSA) is 77.2 Å². The normalized spacial score (nSPS) is 10.6. The first-order valence-electron chi connectivity index (χ1n) is 7.41. The van der Waals surface area contributed by atoms with Gasteiger partial charge in [-0.1, -0.05) is 0 Å². The number of aryl methyl sites for hydroxylation is 1. The summed E-state index contributed by atoms with van der Waals surface area (Å²) in [6.45, 7) is 4.64. The van der Waals surface area contributed by atoms with E-state index in [-0.39, 0.29) is 17.8 Å². The quantitative estimate of drug-likeness (QED) is 0.794. The van der Waals surface area contributed by atoms with E-state index in [1.165, 1.54) is 0 Å². The lowest BCUT2D eigenvalue weighted by atomic mass is 10.1. The first-order chi connectivity index (χ1) is 11.1. The van der Waals surface area contributed by atoms with Crippen molar-refractivity contribution in [3.05, 3.63) is 52.9 Å². The smallest absolute Gasteiger partial charge is 0.182 e. The van der Waals surface area contributed by atoms with Crippen LogP contribution in [-0.4, -0.2) is 29.1 Å². The van der Waals surface area contributed by atoms with Gasteiger partial charge in [-0.05, 0) is 38.1 Å². The minimum atomic E-state index is -0.0791. The molecule has 2 rings (SSSR count). The first kappa shape index (κ1) is 16.9. The molecule has 0 fully saturated rings. The van der Waals surface area contributed by atoms with Gasteiger partial charge in [-0.2, -0.15) is 0 Å². The molecule has 1 aromatic carbocycles. The molecule has 1 aromatic heterocycles. The Morgan fingerprint density at radius 2 is 2.00 bits per heavy atom. The van der Waals surface area contributed by atoms with Crippen molar-refractivity contribution in [3.63, 3.8) is 0 Å². The Hall–Kier alpha value is -2.47. The summed E-state index contributed by atoms with van der Waals surface area (Å²) in [4.78, 5) is 16.7. The fourth-order valence-electron chi connectivity index (χ4n) is 2.16. The molecule has 6 nitrogen and oxygen atoms in total. The van der Waals surface area contributed by atoms with E-state index in [1.54, 1.807) is 49.1 Å². The van der Waals surface area contributed by atoms with Gasteiger partial charge in [0.15, 0.2) is 5.78 Å². The van der Waals surface area contributed by atoms with Gasteiger partial charge >= 0.3 is 0 Å². The lowest BCUT2D eigenvalue weighted by Gasteiger charge is -2.12. The summed E-state index contributed by atoms with van der Waals surface area (Å²) >= 11 is 0. The molecule has 0 spiro atoms. The van der Waals surface area contributed by atoms with Crippen LogP contribution in [-0.2, 0) is 17.9 Å². The van der Waals surface area contributed by atoms with Crippen molar-refractivity contribution < 1.29 is 14.3 Å². The number of carbonyl (C=O) groups is 1. The Morgan fingerprint density at radius 1 is 1.30 bits per heavy atom. The van der Waals surface area contributed by atoms with E-state index in [0.29, 0.717) is 35.9 Å². The molecule has 0 aliphatic heterocycles. The summed E-state index contributed by atoms with van der Waals surface area (Å²) in [5, 5.41) is 8.26. The van der Waals surface area contributed by atoms with Gasteiger partial charge in [0.2, 0.25) is 0 Å². The first-order valence-corrected chi connectivity index (χ1v) is 7.41. The molecule has 0 unspecified atom stereocenters. The van der Waals surface area contributed by atoms with Crippen LogP contribution in [0.5, 0.6) is 5.75 Å². The van der Waals surface area contributed by atoms with Gasteiger partial charge in [-0.3, -0.25) is 10.2 Å². The average Bonchev–Trinajstić information content (AvgIpc) is 2.58. The van der Waals surface area contributed by atoms with Crippen molar-refractivity contribution in [1.29, 1.82) is 5.41 Å². The highest BCUT2D eigenvalue weighted by Gasteiger charge is 2.11. The highest BCUT2D eigenvalue weighted by Crippen LogP contribution is 2.12. The minimum absolute atomic E-state index is 0.0734. The third kappa shape index (κ3) is 4.04. The van der Waals surface area contributed by atoms with Crippen LogP contribution in [0.4, 0.5) is 0 Å². The second kappa shape index (κ2) is 7.69. The van der Waals surface area contributed by atoms with Crippen molar-refractivity contribution in [2.24, 2.45) is 0 Å². The maximum Gasteiger partial charge on any atom is 0.182 e. The fraction of sp³-hybridized carbons (Fsp3) is 0.353. The predicted molar refractivity (Wildman–Crippen MR) is 85.5 cm³/mol.